The topological polar surface area (TPSA) is 87.3 Å². The van der Waals surface area contributed by atoms with Gasteiger partial charge in [-0.15, -0.1) is 0 Å². The van der Waals surface area contributed by atoms with Gasteiger partial charge in [0.2, 0.25) is 0 Å². The van der Waals surface area contributed by atoms with Gasteiger partial charge in [-0.05, 0) is 80.9 Å². The van der Waals surface area contributed by atoms with Crippen molar-refractivity contribution < 1.29 is 18.8 Å². The van der Waals surface area contributed by atoms with Crippen molar-refractivity contribution >= 4 is 23.4 Å². The number of hydrogen-bond acceptors (Lipinski definition) is 3. The Morgan fingerprint density at radius 2 is 1.39 bits per heavy atom. The van der Waals surface area contributed by atoms with E-state index in [1.807, 2.05) is 26.8 Å². The minimum atomic E-state index is -0.484. The predicted molar refractivity (Wildman–Crippen MR) is 126 cm³/mol. The summed E-state index contributed by atoms with van der Waals surface area (Å²) in [5.41, 5.74) is 2.08. The Balaban J connectivity index is 1.58. The van der Waals surface area contributed by atoms with E-state index in [1.165, 1.54) is 18.2 Å². The van der Waals surface area contributed by atoms with Crippen molar-refractivity contribution in [1.29, 1.82) is 0 Å². The zero-order valence-corrected chi connectivity index (χ0v) is 18.7. The maximum atomic E-state index is 13.3. The zero-order chi connectivity index (χ0) is 24.0. The van der Waals surface area contributed by atoms with Crippen LogP contribution < -0.4 is 16.0 Å². The molecule has 3 aromatic rings. The van der Waals surface area contributed by atoms with E-state index in [0.717, 1.165) is 11.6 Å². The monoisotopic (exact) mass is 447 g/mol. The molecule has 0 fully saturated rings. The molecule has 0 unspecified atom stereocenters. The van der Waals surface area contributed by atoms with Crippen molar-refractivity contribution in [2.45, 2.75) is 32.9 Å². The average Bonchev–Trinajstić information content (AvgIpc) is 2.76. The van der Waals surface area contributed by atoms with Crippen molar-refractivity contribution in [3.63, 3.8) is 0 Å². The molecule has 0 heterocycles. The van der Waals surface area contributed by atoms with Crippen LogP contribution in [0.15, 0.2) is 72.8 Å². The summed E-state index contributed by atoms with van der Waals surface area (Å²) in [5, 5.41) is 8.42. The number of carbonyl (C=O) groups is 3. The molecule has 3 aromatic carbocycles. The van der Waals surface area contributed by atoms with Gasteiger partial charge in [0.1, 0.15) is 5.82 Å². The summed E-state index contributed by atoms with van der Waals surface area (Å²) in [6.45, 7) is 5.94. The van der Waals surface area contributed by atoms with Crippen molar-refractivity contribution in [2.75, 3.05) is 5.32 Å². The summed E-state index contributed by atoms with van der Waals surface area (Å²) in [6, 6.07) is 18.9. The van der Waals surface area contributed by atoms with Gasteiger partial charge in [0.05, 0.1) is 0 Å². The second-order valence-corrected chi connectivity index (χ2v) is 8.63. The third-order valence-electron chi connectivity index (χ3n) is 4.62. The van der Waals surface area contributed by atoms with E-state index in [1.54, 1.807) is 42.5 Å². The Morgan fingerprint density at radius 3 is 2.03 bits per heavy atom. The normalized spacial score (nSPS) is 10.9. The fourth-order valence-electron chi connectivity index (χ4n) is 3.06. The minimum Gasteiger partial charge on any atom is -0.348 e. The van der Waals surface area contributed by atoms with Crippen LogP contribution in [0.25, 0.3) is 0 Å². The molecule has 7 heteroatoms. The SMILES string of the molecule is CC(C)(C)NC(=O)c1ccc(C(=O)NCc2cccc(NC(=O)c3cccc(F)c3)c2)cc1. The third-order valence-corrected chi connectivity index (χ3v) is 4.62. The van der Waals surface area contributed by atoms with Crippen LogP contribution in [-0.4, -0.2) is 23.3 Å². The molecule has 3 rings (SSSR count). The van der Waals surface area contributed by atoms with Gasteiger partial charge in [0.15, 0.2) is 0 Å². The van der Waals surface area contributed by atoms with E-state index in [4.69, 9.17) is 0 Å². The van der Waals surface area contributed by atoms with Crippen molar-refractivity contribution in [2.24, 2.45) is 0 Å². The largest absolute Gasteiger partial charge is 0.348 e. The molecule has 0 aliphatic rings. The molecule has 170 valence electrons. The maximum Gasteiger partial charge on any atom is 0.255 e. The molecule has 6 nitrogen and oxygen atoms in total. The molecule has 33 heavy (non-hydrogen) atoms. The van der Waals surface area contributed by atoms with E-state index >= 15 is 0 Å². The zero-order valence-electron chi connectivity index (χ0n) is 18.7. The molecule has 0 aliphatic carbocycles. The number of benzene rings is 3. The second-order valence-electron chi connectivity index (χ2n) is 8.63. The van der Waals surface area contributed by atoms with Gasteiger partial charge in [0.25, 0.3) is 17.7 Å². The first-order chi connectivity index (χ1) is 15.6. The Kier molecular flexibility index (Phi) is 7.23. The predicted octanol–water partition coefficient (Wildman–Crippen LogP) is 4.54. The van der Waals surface area contributed by atoms with Crippen LogP contribution in [0.4, 0.5) is 10.1 Å². The minimum absolute atomic E-state index is 0.202. The van der Waals surface area contributed by atoms with Crippen LogP contribution in [0.5, 0.6) is 0 Å². The Morgan fingerprint density at radius 1 is 0.758 bits per heavy atom. The lowest BCUT2D eigenvalue weighted by Gasteiger charge is -2.20. The summed E-state index contributed by atoms with van der Waals surface area (Å²) in [4.78, 5) is 37.0. The Hall–Kier alpha value is -4.00. The van der Waals surface area contributed by atoms with E-state index < -0.39 is 11.7 Å². The Labute approximate surface area is 192 Å². The van der Waals surface area contributed by atoms with Gasteiger partial charge in [-0.25, -0.2) is 4.39 Å². The highest BCUT2D eigenvalue weighted by molar-refractivity contribution is 6.04. The number of nitrogens with one attached hydrogen (secondary N) is 3. The number of rotatable bonds is 6. The molecule has 0 saturated carbocycles. The van der Waals surface area contributed by atoms with Gasteiger partial charge in [-0.3, -0.25) is 14.4 Å². The first-order valence-electron chi connectivity index (χ1n) is 10.5. The molecule has 0 bridgehead atoms. The van der Waals surface area contributed by atoms with Gasteiger partial charge < -0.3 is 16.0 Å². The van der Waals surface area contributed by atoms with Crippen LogP contribution in [-0.2, 0) is 6.54 Å². The van der Waals surface area contributed by atoms with Crippen LogP contribution in [0.1, 0.15) is 57.4 Å². The number of amides is 3. The van der Waals surface area contributed by atoms with Crippen molar-refractivity contribution in [1.82, 2.24) is 10.6 Å². The fraction of sp³-hybridized carbons (Fsp3) is 0.192. The average molecular weight is 448 g/mol. The van der Waals surface area contributed by atoms with E-state index in [-0.39, 0.29) is 29.5 Å². The number of hydrogen-bond donors (Lipinski definition) is 3. The molecular formula is C26H26FN3O3. The molecule has 0 aromatic heterocycles. The van der Waals surface area contributed by atoms with Crippen LogP contribution >= 0.6 is 0 Å². The standard InChI is InChI=1S/C26H26FN3O3/c1-26(2,3)30-25(33)19-12-10-18(11-13-19)23(31)28-16-17-6-4-9-22(14-17)29-24(32)20-7-5-8-21(27)15-20/h4-15H,16H2,1-3H3,(H,28,31)(H,29,32)(H,30,33). The van der Waals surface area contributed by atoms with E-state index in [0.29, 0.717) is 16.8 Å². The summed E-state index contributed by atoms with van der Waals surface area (Å²) in [6.07, 6.45) is 0. The highest BCUT2D eigenvalue weighted by Gasteiger charge is 2.16. The van der Waals surface area contributed by atoms with Crippen molar-refractivity contribution in [3.05, 3.63) is 101 Å². The van der Waals surface area contributed by atoms with Gasteiger partial charge >= 0.3 is 0 Å². The highest BCUT2D eigenvalue weighted by Crippen LogP contribution is 2.14. The molecule has 0 aliphatic heterocycles. The van der Waals surface area contributed by atoms with Crippen molar-refractivity contribution in [3.8, 4) is 0 Å². The van der Waals surface area contributed by atoms with Gasteiger partial charge in [0, 0.05) is 34.5 Å². The first kappa shape index (κ1) is 23.7. The lowest BCUT2D eigenvalue weighted by Crippen LogP contribution is -2.40. The van der Waals surface area contributed by atoms with Gasteiger partial charge in [-0.1, -0.05) is 18.2 Å². The maximum absolute atomic E-state index is 13.3. The van der Waals surface area contributed by atoms with Gasteiger partial charge in [-0.2, -0.15) is 0 Å². The van der Waals surface area contributed by atoms with E-state index in [2.05, 4.69) is 16.0 Å². The molecule has 0 radical (unpaired) electrons. The molecule has 0 atom stereocenters. The van der Waals surface area contributed by atoms with E-state index in [9.17, 15) is 18.8 Å². The van der Waals surface area contributed by atoms with Crippen LogP contribution in [0.3, 0.4) is 0 Å². The smallest absolute Gasteiger partial charge is 0.255 e. The van der Waals surface area contributed by atoms with Crippen LogP contribution in [0.2, 0.25) is 0 Å². The Bertz CT molecular complexity index is 1170. The quantitative estimate of drug-likeness (QED) is 0.519. The summed E-state index contributed by atoms with van der Waals surface area (Å²) in [5.74, 6) is -1.40. The number of carbonyl (C=O) groups excluding carboxylic acids is 3. The molecule has 0 spiro atoms. The van der Waals surface area contributed by atoms with Crippen LogP contribution in [0, 0.1) is 5.82 Å². The molecule has 3 N–H and O–H groups in total. The lowest BCUT2D eigenvalue weighted by molar-refractivity contribution is 0.0915. The first-order valence-corrected chi connectivity index (χ1v) is 10.5. The molecule has 3 amide bonds. The molecule has 0 saturated heterocycles. The second kappa shape index (κ2) is 10.1. The molecular weight excluding hydrogens is 421 g/mol. The number of halogens is 1. The fourth-order valence-corrected chi connectivity index (χ4v) is 3.06. The number of anilines is 1. The highest BCUT2D eigenvalue weighted by atomic mass is 19.1. The summed E-state index contributed by atoms with van der Waals surface area (Å²) in [7, 11) is 0. The third kappa shape index (κ3) is 7.00. The summed E-state index contributed by atoms with van der Waals surface area (Å²) < 4.78 is 13.3. The lowest BCUT2D eigenvalue weighted by atomic mass is 10.1. The summed E-state index contributed by atoms with van der Waals surface area (Å²) >= 11 is 0.